The lowest BCUT2D eigenvalue weighted by atomic mass is 10.0. The molecule has 0 aliphatic rings. The van der Waals surface area contributed by atoms with Crippen molar-refractivity contribution in [1.82, 2.24) is 0 Å². The monoisotopic (exact) mass is 739 g/mol. The fraction of sp³-hybridized carbons (Fsp3) is 0.725. The highest BCUT2D eigenvalue weighted by atomic mass is 31.2. The Morgan fingerprint density at radius 1 is 0.647 bits per heavy atom. The molecule has 0 aromatic carbocycles. The fourth-order valence-electron chi connectivity index (χ4n) is 5.00. The van der Waals surface area contributed by atoms with E-state index in [0.717, 1.165) is 38.5 Å². The summed E-state index contributed by atoms with van der Waals surface area (Å²) in [6.45, 7) is 3.40. The van der Waals surface area contributed by atoms with Crippen molar-refractivity contribution in [3.63, 3.8) is 0 Å². The molecule has 10 nitrogen and oxygen atoms in total. The quantitative estimate of drug-likeness (QED) is 0.0159. The lowest BCUT2D eigenvalue weighted by Crippen LogP contribution is -2.29. The minimum absolute atomic E-state index is 0.00819. The summed E-state index contributed by atoms with van der Waals surface area (Å²) in [5, 5.41) is 0. The zero-order chi connectivity index (χ0) is 37.7. The third kappa shape index (κ3) is 35.8. The highest BCUT2D eigenvalue weighted by Gasteiger charge is 2.26. The first kappa shape index (κ1) is 48.6. The van der Waals surface area contributed by atoms with E-state index in [-0.39, 0.29) is 44.8 Å². The Morgan fingerprint density at radius 3 is 1.86 bits per heavy atom. The van der Waals surface area contributed by atoms with Crippen molar-refractivity contribution in [3.8, 4) is 0 Å². The number of carbonyl (C=O) groups is 3. The van der Waals surface area contributed by atoms with Gasteiger partial charge in [0, 0.05) is 25.8 Å². The first-order chi connectivity index (χ1) is 24.7. The topological polar surface area (TPSA) is 151 Å². The summed E-state index contributed by atoms with van der Waals surface area (Å²) in [7, 11) is -4.42. The summed E-state index contributed by atoms with van der Waals surface area (Å²) in [5.41, 5.74) is 5.32. The molecule has 1 unspecified atom stereocenters. The molecule has 0 saturated heterocycles. The van der Waals surface area contributed by atoms with Crippen LogP contribution in [0.2, 0.25) is 0 Å². The standard InChI is InChI=1S/C40H70NO9P/c1-3-5-7-9-11-13-15-17-18-20-22-24-26-29-37(42)30-28-32-39(43)47-35-38(36-49-51(45,46)48-34-33-41)50-40(44)31-27-25-23-21-19-16-14-12-10-8-6-4-2/h11,13,17-18,22,24,26,29,38H,3-10,12,14-16,19-21,23,25,27-28,30-36,41H2,1-2H3,(H,45,46)/b13-11-,18-17-,24-22-,29-26+/t38-/m1/s1. The van der Waals surface area contributed by atoms with E-state index in [1.165, 1.54) is 76.7 Å². The maximum Gasteiger partial charge on any atom is 0.472 e. The predicted molar refractivity (Wildman–Crippen MR) is 206 cm³/mol. The van der Waals surface area contributed by atoms with Gasteiger partial charge in [0.05, 0.1) is 13.2 Å². The Morgan fingerprint density at radius 2 is 1.22 bits per heavy atom. The molecule has 3 N–H and O–H groups in total. The molecule has 294 valence electrons. The van der Waals surface area contributed by atoms with E-state index < -0.39 is 32.5 Å². The third-order valence-corrected chi connectivity index (χ3v) is 8.93. The SMILES string of the molecule is CCCCC/C=C\C/C=C\C/C=C\C=C\C(=O)CCCC(=O)OC[C@H](COP(=O)(O)OCCN)OC(=O)CCCCCCCCCCCCCC. The van der Waals surface area contributed by atoms with E-state index in [1.807, 2.05) is 12.2 Å². The maximum absolute atomic E-state index is 12.5. The van der Waals surface area contributed by atoms with E-state index in [1.54, 1.807) is 6.08 Å². The number of ether oxygens (including phenoxy) is 2. The molecule has 0 radical (unpaired) electrons. The van der Waals surface area contributed by atoms with Gasteiger partial charge in [-0.25, -0.2) is 4.57 Å². The average Bonchev–Trinajstić information content (AvgIpc) is 3.11. The van der Waals surface area contributed by atoms with E-state index in [2.05, 4.69) is 38.2 Å². The molecule has 0 spiro atoms. The summed E-state index contributed by atoms with van der Waals surface area (Å²) in [6, 6.07) is 0. The summed E-state index contributed by atoms with van der Waals surface area (Å²) in [4.78, 5) is 46.8. The first-order valence-electron chi connectivity index (χ1n) is 19.6. The predicted octanol–water partition coefficient (Wildman–Crippen LogP) is 9.95. The van der Waals surface area contributed by atoms with Gasteiger partial charge in [0.25, 0.3) is 0 Å². The van der Waals surface area contributed by atoms with Crippen LogP contribution in [0.3, 0.4) is 0 Å². The molecule has 0 rings (SSSR count). The number of unbranched alkanes of at least 4 members (excludes halogenated alkanes) is 14. The fourth-order valence-corrected chi connectivity index (χ4v) is 5.76. The van der Waals surface area contributed by atoms with Gasteiger partial charge in [-0.05, 0) is 44.6 Å². The van der Waals surface area contributed by atoms with E-state index in [9.17, 15) is 23.8 Å². The molecule has 0 aliphatic carbocycles. The van der Waals surface area contributed by atoms with Gasteiger partial charge in [-0.2, -0.15) is 0 Å². The highest BCUT2D eigenvalue weighted by Crippen LogP contribution is 2.43. The number of ketones is 1. The summed E-state index contributed by atoms with van der Waals surface area (Å²) >= 11 is 0. The van der Waals surface area contributed by atoms with Crippen molar-refractivity contribution < 1.29 is 42.4 Å². The normalized spacial score (nSPS) is 13.8. The van der Waals surface area contributed by atoms with E-state index in [4.69, 9.17) is 24.3 Å². The lowest BCUT2D eigenvalue weighted by Gasteiger charge is -2.19. The van der Waals surface area contributed by atoms with Crippen LogP contribution in [0.15, 0.2) is 48.6 Å². The summed E-state index contributed by atoms with van der Waals surface area (Å²) in [6.07, 6.45) is 35.8. The molecule has 0 saturated carbocycles. The second kappa shape index (κ2) is 36.0. The Bertz CT molecular complexity index is 1040. The Balaban J connectivity index is 4.42. The van der Waals surface area contributed by atoms with Crippen LogP contribution in [0.5, 0.6) is 0 Å². The van der Waals surface area contributed by atoms with Crippen LogP contribution in [-0.4, -0.2) is 55.1 Å². The second-order valence-electron chi connectivity index (χ2n) is 12.8. The van der Waals surface area contributed by atoms with Crippen LogP contribution in [0.25, 0.3) is 0 Å². The molecular weight excluding hydrogens is 669 g/mol. The van der Waals surface area contributed by atoms with Gasteiger partial charge in [0.1, 0.15) is 6.61 Å². The van der Waals surface area contributed by atoms with Crippen molar-refractivity contribution in [1.29, 1.82) is 0 Å². The van der Waals surface area contributed by atoms with Crippen molar-refractivity contribution in [2.24, 2.45) is 5.73 Å². The van der Waals surface area contributed by atoms with E-state index in [0.29, 0.717) is 12.8 Å². The number of nitrogens with two attached hydrogens (primary N) is 1. The Hall–Kier alpha value is -2.36. The zero-order valence-electron chi connectivity index (χ0n) is 31.8. The highest BCUT2D eigenvalue weighted by molar-refractivity contribution is 7.47. The van der Waals surface area contributed by atoms with Crippen LogP contribution in [0.1, 0.15) is 155 Å². The second-order valence-corrected chi connectivity index (χ2v) is 14.3. The Labute approximate surface area is 309 Å². The third-order valence-electron chi connectivity index (χ3n) is 7.94. The summed E-state index contributed by atoms with van der Waals surface area (Å²) < 4.78 is 32.4. The molecule has 0 bridgehead atoms. The van der Waals surface area contributed by atoms with Gasteiger partial charge in [0.15, 0.2) is 11.9 Å². The number of phosphoric acid groups is 1. The van der Waals surface area contributed by atoms with Gasteiger partial charge in [-0.3, -0.25) is 23.4 Å². The van der Waals surface area contributed by atoms with Gasteiger partial charge in [0.2, 0.25) is 0 Å². The van der Waals surface area contributed by atoms with Gasteiger partial charge >= 0.3 is 19.8 Å². The number of phosphoric ester groups is 1. The van der Waals surface area contributed by atoms with E-state index >= 15 is 0 Å². The molecule has 0 fully saturated rings. The summed E-state index contributed by atoms with van der Waals surface area (Å²) in [5.74, 6) is -1.19. The molecular formula is C40H70NO9P. The van der Waals surface area contributed by atoms with Crippen molar-refractivity contribution in [2.45, 2.75) is 161 Å². The van der Waals surface area contributed by atoms with Gasteiger partial charge in [-0.1, -0.05) is 140 Å². The van der Waals surface area contributed by atoms with Crippen LogP contribution in [0.4, 0.5) is 0 Å². The minimum Gasteiger partial charge on any atom is -0.462 e. The van der Waals surface area contributed by atoms with Crippen molar-refractivity contribution >= 4 is 25.5 Å². The lowest BCUT2D eigenvalue weighted by molar-refractivity contribution is -0.161. The van der Waals surface area contributed by atoms with Crippen LogP contribution in [0, 0.1) is 0 Å². The largest absolute Gasteiger partial charge is 0.472 e. The van der Waals surface area contributed by atoms with Crippen LogP contribution >= 0.6 is 7.82 Å². The van der Waals surface area contributed by atoms with Crippen molar-refractivity contribution in [2.75, 3.05) is 26.4 Å². The zero-order valence-corrected chi connectivity index (χ0v) is 32.7. The maximum atomic E-state index is 12.5. The van der Waals surface area contributed by atoms with Crippen molar-refractivity contribution in [3.05, 3.63) is 48.6 Å². The van der Waals surface area contributed by atoms with Gasteiger partial charge < -0.3 is 20.1 Å². The molecule has 0 aromatic heterocycles. The smallest absolute Gasteiger partial charge is 0.462 e. The molecule has 51 heavy (non-hydrogen) atoms. The number of esters is 2. The Kier molecular flexibility index (Phi) is 34.4. The molecule has 2 atom stereocenters. The first-order valence-corrected chi connectivity index (χ1v) is 21.1. The number of rotatable bonds is 36. The van der Waals surface area contributed by atoms with Gasteiger partial charge in [-0.15, -0.1) is 0 Å². The molecule has 0 aliphatic heterocycles. The number of hydrogen-bond donors (Lipinski definition) is 2. The molecule has 0 heterocycles. The minimum atomic E-state index is -4.42. The average molecular weight is 740 g/mol. The van der Waals surface area contributed by atoms with Crippen LogP contribution < -0.4 is 5.73 Å². The number of carbonyl (C=O) groups excluding carboxylic acids is 3. The molecule has 11 heteroatoms. The molecule has 0 aromatic rings. The number of hydrogen-bond acceptors (Lipinski definition) is 9. The van der Waals surface area contributed by atoms with Crippen LogP contribution in [-0.2, 0) is 37.5 Å². The number of allylic oxidation sites excluding steroid dienone is 8. The molecule has 0 amide bonds.